The van der Waals surface area contributed by atoms with Crippen molar-refractivity contribution in [1.29, 1.82) is 21.2 Å². The first-order valence-corrected chi connectivity index (χ1v) is 6.35. The van der Waals surface area contributed by atoms with Crippen LogP contribution in [0.4, 0.5) is 0 Å². The summed E-state index contributed by atoms with van der Waals surface area (Å²) in [5.41, 5.74) is -4.95. The molecule has 20 heavy (non-hydrogen) atoms. The zero-order valence-corrected chi connectivity index (χ0v) is 11.5. The minimum absolute atomic E-state index is 0.223. The van der Waals surface area contributed by atoms with Crippen LogP contribution in [0.3, 0.4) is 0 Å². The summed E-state index contributed by atoms with van der Waals surface area (Å²) in [6, 6.07) is 5.77. The SMILES string of the molecule is CCC1C(C(C)=O)C2(C)OC(=N)C1(C#N)C2(C#N)C#N. The van der Waals surface area contributed by atoms with E-state index in [0.29, 0.717) is 6.42 Å². The van der Waals surface area contributed by atoms with Crippen LogP contribution in [0.25, 0.3) is 0 Å². The van der Waals surface area contributed by atoms with Crippen molar-refractivity contribution >= 4 is 11.7 Å². The molecule has 6 heteroatoms. The lowest BCUT2D eigenvalue weighted by atomic mass is 9.62. The van der Waals surface area contributed by atoms with Crippen molar-refractivity contribution in [2.75, 3.05) is 0 Å². The van der Waals surface area contributed by atoms with Crippen LogP contribution in [-0.2, 0) is 9.53 Å². The van der Waals surface area contributed by atoms with E-state index >= 15 is 0 Å². The van der Waals surface area contributed by atoms with Gasteiger partial charge in [0, 0.05) is 5.92 Å². The number of ether oxygens (including phenoxy) is 1. The highest BCUT2D eigenvalue weighted by Gasteiger charge is 2.86. The van der Waals surface area contributed by atoms with Crippen LogP contribution < -0.4 is 0 Å². The number of ketones is 1. The molecule has 0 aromatic carbocycles. The summed E-state index contributed by atoms with van der Waals surface area (Å²) in [5.74, 6) is -1.88. The Hall–Kier alpha value is -2.39. The minimum atomic E-state index is -1.83. The van der Waals surface area contributed by atoms with Gasteiger partial charge in [-0.3, -0.25) is 10.2 Å². The molecule has 0 amide bonds. The molecule has 6 nitrogen and oxygen atoms in total. The molecule has 1 N–H and O–H groups in total. The third-order valence-electron chi connectivity index (χ3n) is 4.95. The molecule has 0 aromatic heterocycles. The lowest BCUT2D eigenvalue weighted by Gasteiger charge is -2.36. The Morgan fingerprint density at radius 3 is 2.25 bits per heavy atom. The average molecular weight is 270 g/mol. The zero-order chi connectivity index (χ0) is 15.3. The molecule has 2 bridgehead atoms. The van der Waals surface area contributed by atoms with Gasteiger partial charge in [0.2, 0.25) is 11.3 Å². The number of hydrogen-bond acceptors (Lipinski definition) is 6. The number of nitrogens with one attached hydrogen (secondary N) is 1. The molecule has 2 rings (SSSR count). The van der Waals surface area contributed by atoms with E-state index in [2.05, 4.69) is 0 Å². The molecular formula is C14H14N4O2. The standard InChI is InChI=1S/C14H14N4O2/c1-4-9-10(8(2)19)12(3)13(5-15,6-16)14(9,7-17)11(18)20-12/h9-10,18H,4H2,1-3H3. The maximum Gasteiger partial charge on any atom is 0.210 e. The maximum absolute atomic E-state index is 12.0. The van der Waals surface area contributed by atoms with Gasteiger partial charge < -0.3 is 4.74 Å². The average Bonchev–Trinajstić information content (AvgIpc) is 2.72. The Kier molecular flexibility index (Phi) is 2.67. The van der Waals surface area contributed by atoms with E-state index in [-0.39, 0.29) is 11.7 Å². The van der Waals surface area contributed by atoms with Gasteiger partial charge in [-0.15, -0.1) is 0 Å². The second kappa shape index (κ2) is 3.81. The number of hydrogen-bond donors (Lipinski definition) is 1. The van der Waals surface area contributed by atoms with Crippen LogP contribution >= 0.6 is 0 Å². The van der Waals surface area contributed by atoms with Crippen molar-refractivity contribution in [3.05, 3.63) is 0 Å². The summed E-state index contributed by atoms with van der Waals surface area (Å²) in [5, 5.41) is 36.8. The third-order valence-corrected chi connectivity index (χ3v) is 4.95. The predicted octanol–water partition coefficient (Wildman–Crippen LogP) is 1.54. The van der Waals surface area contributed by atoms with E-state index in [4.69, 9.17) is 10.1 Å². The van der Waals surface area contributed by atoms with Gasteiger partial charge in [0.1, 0.15) is 5.78 Å². The molecule has 2 aliphatic rings. The molecule has 1 saturated carbocycles. The summed E-state index contributed by atoms with van der Waals surface area (Å²) in [4.78, 5) is 12.0. The van der Waals surface area contributed by atoms with Crippen LogP contribution in [0, 0.1) is 62.1 Å². The van der Waals surface area contributed by atoms with Gasteiger partial charge >= 0.3 is 0 Å². The normalized spacial score (nSPS) is 40.3. The monoisotopic (exact) mass is 270 g/mol. The molecule has 1 saturated heterocycles. The lowest BCUT2D eigenvalue weighted by molar-refractivity contribution is -0.130. The largest absolute Gasteiger partial charge is 0.470 e. The predicted molar refractivity (Wildman–Crippen MR) is 66.9 cm³/mol. The van der Waals surface area contributed by atoms with Crippen LogP contribution in [0.2, 0.25) is 0 Å². The van der Waals surface area contributed by atoms with Crippen molar-refractivity contribution in [3.63, 3.8) is 0 Å². The van der Waals surface area contributed by atoms with E-state index in [9.17, 15) is 20.6 Å². The minimum Gasteiger partial charge on any atom is -0.470 e. The molecule has 1 heterocycles. The van der Waals surface area contributed by atoms with Gasteiger partial charge in [0.25, 0.3) is 0 Å². The Bertz CT molecular complexity index is 621. The van der Waals surface area contributed by atoms with Crippen molar-refractivity contribution in [2.45, 2.75) is 32.8 Å². The summed E-state index contributed by atoms with van der Waals surface area (Å²) >= 11 is 0. The first-order chi connectivity index (χ1) is 9.32. The van der Waals surface area contributed by atoms with E-state index in [1.807, 2.05) is 18.2 Å². The van der Waals surface area contributed by atoms with Gasteiger partial charge in [0.05, 0.1) is 24.1 Å². The van der Waals surface area contributed by atoms with E-state index in [1.54, 1.807) is 6.92 Å². The number of carbonyl (C=O) groups excluding carboxylic acids is 1. The summed E-state index contributed by atoms with van der Waals surface area (Å²) < 4.78 is 5.44. The van der Waals surface area contributed by atoms with Gasteiger partial charge in [-0.1, -0.05) is 13.3 Å². The van der Waals surface area contributed by atoms with E-state index < -0.39 is 28.3 Å². The molecule has 4 unspecified atom stereocenters. The van der Waals surface area contributed by atoms with Crippen LogP contribution in [0.15, 0.2) is 0 Å². The lowest BCUT2D eigenvalue weighted by Crippen LogP contribution is -2.47. The fourth-order valence-corrected chi connectivity index (χ4v) is 4.16. The number of carbonyl (C=O) groups is 1. The van der Waals surface area contributed by atoms with Crippen molar-refractivity contribution in [2.24, 2.45) is 22.7 Å². The fraction of sp³-hybridized carbons (Fsp3) is 0.643. The summed E-state index contributed by atoms with van der Waals surface area (Å²) in [7, 11) is 0. The van der Waals surface area contributed by atoms with E-state index in [0.717, 1.165) is 0 Å². The molecule has 2 fully saturated rings. The summed E-state index contributed by atoms with van der Waals surface area (Å²) in [6.07, 6.45) is 0.421. The van der Waals surface area contributed by atoms with Crippen molar-refractivity contribution in [1.82, 2.24) is 0 Å². The number of nitrogens with zero attached hydrogens (tertiary/aromatic N) is 3. The van der Waals surface area contributed by atoms with Crippen LogP contribution in [-0.4, -0.2) is 17.3 Å². The van der Waals surface area contributed by atoms with Gasteiger partial charge in [-0.2, -0.15) is 15.8 Å². The van der Waals surface area contributed by atoms with Crippen molar-refractivity contribution < 1.29 is 9.53 Å². The molecular weight excluding hydrogens is 256 g/mol. The van der Waals surface area contributed by atoms with Gasteiger partial charge in [-0.25, -0.2) is 0 Å². The quantitative estimate of drug-likeness (QED) is 0.815. The molecule has 1 aliphatic heterocycles. The topological polar surface area (TPSA) is 122 Å². The highest BCUT2D eigenvalue weighted by molar-refractivity contribution is 5.95. The molecule has 4 atom stereocenters. The molecule has 1 aliphatic carbocycles. The third kappa shape index (κ3) is 1.00. The van der Waals surface area contributed by atoms with Gasteiger partial charge in [-0.05, 0) is 13.8 Å². The highest BCUT2D eigenvalue weighted by atomic mass is 16.5. The smallest absolute Gasteiger partial charge is 0.210 e. The number of nitriles is 3. The molecule has 0 aromatic rings. The van der Waals surface area contributed by atoms with Crippen LogP contribution in [0.5, 0.6) is 0 Å². The highest BCUT2D eigenvalue weighted by Crippen LogP contribution is 2.71. The Morgan fingerprint density at radius 1 is 1.35 bits per heavy atom. The van der Waals surface area contributed by atoms with E-state index in [1.165, 1.54) is 13.8 Å². The molecule has 0 radical (unpaired) electrons. The Balaban J connectivity index is 2.90. The van der Waals surface area contributed by atoms with Crippen LogP contribution in [0.1, 0.15) is 27.2 Å². The number of Topliss-reactive ketones (excluding diaryl/α,β-unsaturated/α-hetero) is 1. The number of rotatable bonds is 2. The Labute approximate surface area is 117 Å². The second-order valence-electron chi connectivity index (χ2n) is 5.53. The second-order valence-corrected chi connectivity index (χ2v) is 5.53. The molecule has 0 spiro atoms. The zero-order valence-electron chi connectivity index (χ0n) is 11.5. The maximum atomic E-state index is 12.0. The summed E-state index contributed by atoms with van der Waals surface area (Å²) in [6.45, 7) is 4.65. The molecule has 102 valence electrons. The number of fused-ring (bicyclic) bond motifs is 2. The fourth-order valence-electron chi connectivity index (χ4n) is 4.16. The first kappa shape index (κ1) is 14.0. The van der Waals surface area contributed by atoms with Gasteiger partial charge in [0.15, 0.2) is 11.0 Å². The first-order valence-electron chi connectivity index (χ1n) is 6.35. The van der Waals surface area contributed by atoms with Crippen molar-refractivity contribution in [3.8, 4) is 18.2 Å². The Morgan fingerprint density at radius 2 is 1.90 bits per heavy atom.